The molecule has 0 aromatic heterocycles. The third kappa shape index (κ3) is 4.18. The number of ether oxygens (including phenoxy) is 2. The van der Waals surface area contributed by atoms with E-state index >= 15 is 0 Å². The quantitative estimate of drug-likeness (QED) is 0.442. The fraction of sp³-hybridized carbons (Fsp3) is 0.538. The summed E-state index contributed by atoms with van der Waals surface area (Å²) in [5, 5.41) is 14.1. The molecular formula is C13H18N2O4. The number of nitro benzene ring substituents is 1. The lowest BCUT2D eigenvalue weighted by Gasteiger charge is -2.11. The van der Waals surface area contributed by atoms with Gasteiger partial charge in [0, 0.05) is 37.4 Å². The highest BCUT2D eigenvalue weighted by molar-refractivity contribution is 5.43. The smallest absolute Gasteiger partial charge is 0.270 e. The van der Waals surface area contributed by atoms with Gasteiger partial charge in [0.1, 0.15) is 12.4 Å². The molecule has 0 aliphatic heterocycles. The number of benzene rings is 1. The van der Waals surface area contributed by atoms with E-state index in [0.29, 0.717) is 31.5 Å². The molecule has 0 heterocycles. The Hall–Kier alpha value is -1.66. The van der Waals surface area contributed by atoms with Gasteiger partial charge in [-0.2, -0.15) is 0 Å². The SMILES string of the molecule is COCCOc1ccc([N+](=O)[O-])cc1CNC1CC1. The predicted molar refractivity (Wildman–Crippen MR) is 70.3 cm³/mol. The Kier molecular flexibility index (Phi) is 4.70. The van der Waals surface area contributed by atoms with E-state index in [9.17, 15) is 10.1 Å². The van der Waals surface area contributed by atoms with Gasteiger partial charge in [-0.15, -0.1) is 0 Å². The van der Waals surface area contributed by atoms with E-state index in [1.165, 1.54) is 18.9 Å². The minimum Gasteiger partial charge on any atom is -0.491 e. The molecule has 6 nitrogen and oxygen atoms in total. The van der Waals surface area contributed by atoms with E-state index in [4.69, 9.17) is 9.47 Å². The second-order valence-corrected chi connectivity index (χ2v) is 4.55. The number of nitro groups is 1. The molecule has 104 valence electrons. The highest BCUT2D eigenvalue weighted by Crippen LogP contribution is 2.26. The van der Waals surface area contributed by atoms with Crippen LogP contribution in [0.1, 0.15) is 18.4 Å². The molecule has 2 rings (SSSR count). The molecule has 0 atom stereocenters. The summed E-state index contributed by atoms with van der Waals surface area (Å²) in [5.74, 6) is 0.677. The van der Waals surface area contributed by atoms with Crippen LogP contribution in [-0.2, 0) is 11.3 Å². The number of non-ortho nitro benzene ring substituents is 1. The van der Waals surface area contributed by atoms with Gasteiger partial charge in [0.25, 0.3) is 5.69 Å². The number of methoxy groups -OCH3 is 1. The highest BCUT2D eigenvalue weighted by atomic mass is 16.6. The average molecular weight is 266 g/mol. The summed E-state index contributed by atoms with van der Waals surface area (Å²) < 4.78 is 10.5. The van der Waals surface area contributed by atoms with Gasteiger partial charge in [-0.05, 0) is 18.9 Å². The fourth-order valence-corrected chi connectivity index (χ4v) is 1.74. The summed E-state index contributed by atoms with van der Waals surface area (Å²) in [6, 6.07) is 5.23. The molecular weight excluding hydrogens is 248 g/mol. The van der Waals surface area contributed by atoms with Crippen molar-refractivity contribution >= 4 is 5.69 Å². The van der Waals surface area contributed by atoms with Crippen LogP contribution >= 0.6 is 0 Å². The van der Waals surface area contributed by atoms with E-state index in [1.54, 1.807) is 19.2 Å². The van der Waals surface area contributed by atoms with Crippen molar-refractivity contribution < 1.29 is 14.4 Å². The van der Waals surface area contributed by atoms with Gasteiger partial charge in [-0.1, -0.05) is 0 Å². The van der Waals surface area contributed by atoms with Gasteiger partial charge in [0.15, 0.2) is 0 Å². The van der Waals surface area contributed by atoms with Crippen molar-refractivity contribution in [2.75, 3.05) is 20.3 Å². The van der Waals surface area contributed by atoms with Crippen molar-refractivity contribution in [2.45, 2.75) is 25.4 Å². The second-order valence-electron chi connectivity index (χ2n) is 4.55. The van der Waals surface area contributed by atoms with Crippen LogP contribution in [0.25, 0.3) is 0 Å². The Morgan fingerprint density at radius 2 is 2.21 bits per heavy atom. The molecule has 1 saturated carbocycles. The maximum absolute atomic E-state index is 10.8. The lowest BCUT2D eigenvalue weighted by molar-refractivity contribution is -0.384. The Morgan fingerprint density at radius 1 is 1.42 bits per heavy atom. The van der Waals surface area contributed by atoms with Gasteiger partial charge >= 0.3 is 0 Å². The molecule has 1 aromatic carbocycles. The number of nitrogens with zero attached hydrogens (tertiary/aromatic N) is 1. The molecule has 19 heavy (non-hydrogen) atoms. The maximum Gasteiger partial charge on any atom is 0.270 e. The average Bonchev–Trinajstić information content (AvgIpc) is 3.21. The largest absolute Gasteiger partial charge is 0.491 e. The van der Waals surface area contributed by atoms with Crippen molar-refractivity contribution in [3.63, 3.8) is 0 Å². The Bertz CT molecular complexity index is 446. The summed E-state index contributed by atoms with van der Waals surface area (Å²) in [5.41, 5.74) is 0.906. The van der Waals surface area contributed by atoms with Crippen LogP contribution in [0.3, 0.4) is 0 Å². The van der Waals surface area contributed by atoms with E-state index in [-0.39, 0.29) is 10.6 Å². The molecule has 0 bridgehead atoms. The van der Waals surface area contributed by atoms with Gasteiger partial charge in [-0.25, -0.2) is 0 Å². The van der Waals surface area contributed by atoms with Crippen molar-refractivity contribution in [3.05, 3.63) is 33.9 Å². The standard InChI is InChI=1S/C13H18N2O4/c1-18-6-7-19-13-5-4-12(15(16)17)8-10(13)9-14-11-2-3-11/h4-5,8,11,14H,2-3,6-7,9H2,1H3. The Labute approximate surface area is 111 Å². The molecule has 1 aliphatic rings. The zero-order valence-corrected chi connectivity index (χ0v) is 10.9. The number of hydrogen-bond acceptors (Lipinski definition) is 5. The predicted octanol–water partition coefficient (Wildman–Crippen LogP) is 1.87. The van der Waals surface area contributed by atoms with Crippen LogP contribution in [-0.4, -0.2) is 31.3 Å². The highest BCUT2D eigenvalue weighted by Gasteiger charge is 2.21. The van der Waals surface area contributed by atoms with Gasteiger partial charge in [0.2, 0.25) is 0 Å². The van der Waals surface area contributed by atoms with Crippen LogP contribution in [0.2, 0.25) is 0 Å². The first-order valence-corrected chi connectivity index (χ1v) is 6.33. The van der Waals surface area contributed by atoms with E-state index in [1.807, 2.05) is 0 Å². The summed E-state index contributed by atoms with van der Waals surface area (Å²) in [7, 11) is 1.61. The summed E-state index contributed by atoms with van der Waals surface area (Å²) in [6.45, 7) is 1.52. The Balaban J connectivity index is 2.06. The Morgan fingerprint density at radius 3 is 2.84 bits per heavy atom. The van der Waals surface area contributed by atoms with Gasteiger partial charge in [-0.3, -0.25) is 10.1 Å². The van der Waals surface area contributed by atoms with Crippen LogP contribution in [0.4, 0.5) is 5.69 Å². The van der Waals surface area contributed by atoms with Crippen LogP contribution in [0.5, 0.6) is 5.75 Å². The van der Waals surface area contributed by atoms with Crippen molar-refractivity contribution in [3.8, 4) is 5.75 Å². The van der Waals surface area contributed by atoms with Crippen molar-refractivity contribution in [1.29, 1.82) is 0 Å². The third-order valence-electron chi connectivity index (χ3n) is 2.96. The molecule has 0 unspecified atom stereocenters. The number of rotatable bonds is 8. The molecule has 0 amide bonds. The van der Waals surface area contributed by atoms with Crippen LogP contribution in [0, 0.1) is 10.1 Å². The van der Waals surface area contributed by atoms with Crippen LogP contribution in [0.15, 0.2) is 18.2 Å². The summed E-state index contributed by atoms with van der Waals surface area (Å²) >= 11 is 0. The van der Waals surface area contributed by atoms with Gasteiger partial charge in [0.05, 0.1) is 11.5 Å². The normalized spacial score (nSPS) is 14.4. The van der Waals surface area contributed by atoms with Gasteiger partial charge < -0.3 is 14.8 Å². The first-order valence-electron chi connectivity index (χ1n) is 6.33. The molecule has 1 aliphatic carbocycles. The third-order valence-corrected chi connectivity index (χ3v) is 2.96. The zero-order chi connectivity index (χ0) is 13.7. The van der Waals surface area contributed by atoms with E-state index in [0.717, 1.165) is 5.56 Å². The van der Waals surface area contributed by atoms with E-state index in [2.05, 4.69) is 5.32 Å². The molecule has 1 N–H and O–H groups in total. The van der Waals surface area contributed by atoms with Crippen molar-refractivity contribution in [2.24, 2.45) is 0 Å². The lowest BCUT2D eigenvalue weighted by atomic mass is 10.1. The summed E-state index contributed by atoms with van der Waals surface area (Å²) in [6.07, 6.45) is 2.35. The summed E-state index contributed by atoms with van der Waals surface area (Å²) in [4.78, 5) is 10.4. The van der Waals surface area contributed by atoms with E-state index < -0.39 is 0 Å². The second kappa shape index (κ2) is 6.49. The minimum atomic E-state index is -0.389. The molecule has 0 radical (unpaired) electrons. The lowest BCUT2D eigenvalue weighted by Crippen LogP contribution is -2.16. The van der Waals surface area contributed by atoms with Crippen LogP contribution < -0.4 is 10.1 Å². The first-order chi connectivity index (χ1) is 9.20. The molecule has 0 spiro atoms. The first kappa shape index (κ1) is 13.8. The maximum atomic E-state index is 10.8. The van der Waals surface area contributed by atoms with Crippen molar-refractivity contribution in [1.82, 2.24) is 5.32 Å². The molecule has 0 saturated heterocycles. The molecule has 1 aromatic rings. The monoisotopic (exact) mass is 266 g/mol. The fourth-order valence-electron chi connectivity index (χ4n) is 1.74. The number of hydrogen-bond donors (Lipinski definition) is 1. The topological polar surface area (TPSA) is 73.6 Å². The zero-order valence-electron chi connectivity index (χ0n) is 10.9. The molecule has 6 heteroatoms. The number of nitrogens with one attached hydrogen (secondary N) is 1. The minimum absolute atomic E-state index is 0.0895. The molecule has 1 fully saturated rings.